The topological polar surface area (TPSA) is 120 Å². The highest BCUT2D eigenvalue weighted by Crippen LogP contribution is 2.29. The zero-order chi connectivity index (χ0) is 24.7. The maximum absolute atomic E-state index is 13.3. The fourth-order valence-electron chi connectivity index (χ4n) is 2.91. The summed E-state index contributed by atoms with van der Waals surface area (Å²) in [7, 11) is 2.80. The smallest absolute Gasteiger partial charge is 0.273 e. The second-order valence-corrected chi connectivity index (χ2v) is 6.89. The zero-order valence-electron chi connectivity index (χ0n) is 18.2. The first-order valence-electron chi connectivity index (χ1n) is 9.87. The van der Waals surface area contributed by atoms with E-state index < -0.39 is 22.6 Å². The number of nitrogens with zero attached hydrogens (tertiary/aromatic N) is 1. The molecule has 0 radical (unpaired) electrons. The third kappa shape index (κ3) is 5.94. The van der Waals surface area contributed by atoms with Gasteiger partial charge in [-0.15, -0.1) is 0 Å². The molecule has 174 valence electrons. The van der Waals surface area contributed by atoms with Gasteiger partial charge in [0.2, 0.25) is 0 Å². The maximum Gasteiger partial charge on any atom is 0.273 e. The lowest BCUT2D eigenvalue weighted by Gasteiger charge is -2.13. The lowest BCUT2D eigenvalue weighted by Crippen LogP contribution is -2.30. The Morgan fingerprint density at radius 2 is 1.65 bits per heavy atom. The van der Waals surface area contributed by atoms with Gasteiger partial charge in [-0.05, 0) is 54.1 Å². The monoisotopic (exact) mass is 465 g/mol. The summed E-state index contributed by atoms with van der Waals surface area (Å²) in [5, 5.41) is 16.1. The quantitative estimate of drug-likeness (QED) is 0.293. The number of hydrogen-bond donors (Lipinski definition) is 2. The van der Waals surface area contributed by atoms with Gasteiger partial charge in [0.25, 0.3) is 17.5 Å². The molecular formula is C24H20FN3O6. The minimum absolute atomic E-state index is 0.0603. The SMILES string of the molecule is COc1ccc(C(=O)N/C(=C\c2ccc(F)cc2)C(=O)Nc2ccc([N+](=O)[O-])cc2OC)cc1. The first kappa shape index (κ1) is 23.9. The molecule has 0 aliphatic carbocycles. The van der Waals surface area contributed by atoms with Crippen LogP contribution in [0.2, 0.25) is 0 Å². The summed E-state index contributed by atoms with van der Waals surface area (Å²) in [6, 6.07) is 15.2. The predicted molar refractivity (Wildman–Crippen MR) is 123 cm³/mol. The van der Waals surface area contributed by atoms with E-state index in [1.165, 1.54) is 68.8 Å². The molecule has 0 aliphatic rings. The molecule has 10 heteroatoms. The van der Waals surface area contributed by atoms with E-state index in [9.17, 15) is 24.1 Å². The molecule has 3 aromatic rings. The standard InChI is InChI=1S/C24H20FN3O6/c1-33-19-10-5-16(6-11-19)23(29)27-21(13-15-3-7-17(25)8-4-15)24(30)26-20-12-9-18(28(31)32)14-22(20)34-2/h3-14H,1-2H3,(H,26,30)(H,27,29)/b21-13-. The van der Waals surface area contributed by atoms with E-state index in [-0.39, 0.29) is 28.4 Å². The average Bonchev–Trinajstić information content (AvgIpc) is 2.84. The summed E-state index contributed by atoms with van der Waals surface area (Å²) in [6.45, 7) is 0. The lowest BCUT2D eigenvalue weighted by atomic mass is 10.1. The Hall–Kier alpha value is -4.73. The van der Waals surface area contributed by atoms with Crippen LogP contribution in [0.3, 0.4) is 0 Å². The number of nitrogens with one attached hydrogen (secondary N) is 2. The van der Waals surface area contributed by atoms with Crippen LogP contribution in [0.5, 0.6) is 11.5 Å². The number of benzene rings is 3. The largest absolute Gasteiger partial charge is 0.497 e. The van der Waals surface area contributed by atoms with Crippen molar-refractivity contribution in [3.8, 4) is 11.5 Å². The average molecular weight is 465 g/mol. The van der Waals surface area contributed by atoms with Crippen molar-refractivity contribution in [2.24, 2.45) is 0 Å². The Morgan fingerprint density at radius 1 is 0.971 bits per heavy atom. The van der Waals surface area contributed by atoms with E-state index in [2.05, 4.69) is 10.6 Å². The lowest BCUT2D eigenvalue weighted by molar-refractivity contribution is -0.384. The van der Waals surface area contributed by atoms with Crippen molar-refractivity contribution in [2.75, 3.05) is 19.5 Å². The molecule has 0 unspecified atom stereocenters. The van der Waals surface area contributed by atoms with Crippen molar-refractivity contribution >= 4 is 29.3 Å². The number of hydrogen-bond acceptors (Lipinski definition) is 6. The van der Waals surface area contributed by atoms with Gasteiger partial charge in [-0.1, -0.05) is 12.1 Å². The third-order valence-corrected chi connectivity index (χ3v) is 4.67. The van der Waals surface area contributed by atoms with Crippen molar-refractivity contribution in [2.45, 2.75) is 0 Å². The van der Waals surface area contributed by atoms with E-state index in [1.54, 1.807) is 12.1 Å². The fourth-order valence-corrected chi connectivity index (χ4v) is 2.91. The first-order valence-corrected chi connectivity index (χ1v) is 9.87. The van der Waals surface area contributed by atoms with Gasteiger partial charge in [-0.25, -0.2) is 4.39 Å². The van der Waals surface area contributed by atoms with Crippen molar-refractivity contribution < 1.29 is 28.4 Å². The molecule has 9 nitrogen and oxygen atoms in total. The fraction of sp³-hybridized carbons (Fsp3) is 0.0833. The van der Waals surface area contributed by atoms with Gasteiger partial charge < -0.3 is 20.1 Å². The van der Waals surface area contributed by atoms with Crippen LogP contribution in [0.15, 0.2) is 72.4 Å². The second kappa shape index (κ2) is 10.7. The molecule has 0 aromatic heterocycles. The number of rotatable bonds is 8. The van der Waals surface area contributed by atoms with Crippen LogP contribution in [0.4, 0.5) is 15.8 Å². The molecule has 0 fully saturated rings. The molecule has 2 N–H and O–H groups in total. The van der Waals surface area contributed by atoms with Crippen LogP contribution in [-0.4, -0.2) is 31.0 Å². The number of ether oxygens (including phenoxy) is 2. The highest BCUT2D eigenvalue weighted by Gasteiger charge is 2.18. The van der Waals surface area contributed by atoms with Crippen LogP contribution in [-0.2, 0) is 4.79 Å². The highest BCUT2D eigenvalue weighted by molar-refractivity contribution is 6.11. The molecule has 0 heterocycles. The first-order chi connectivity index (χ1) is 16.3. The molecule has 0 saturated heterocycles. The van der Waals surface area contributed by atoms with E-state index in [0.717, 1.165) is 6.07 Å². The number of nitro benzene ring substituents is 1. The van der Waals surface area contributed by atoms with Gasteiger partial charge >= 0.3 is 0 Å². The summed E-state index contributed by atoms with van der Waals surface area (Å²) in [5.41, 5.74) is 0.517. The zero-order valence-corrected chi connectivity index (χ0v) is 18.2. The van der Waals surface area contributed by atoms with Gasteiger partial charge in [0.05, 0.1) is 30.9 Å². The summed E-state index contributed by atoms with van der Waals surface area (Å²) < 4.78 is 23.5. The Labute approximate surface area is 194 Å². The van der Waals surface area contributed by atoms with Crippen LogP contribution in [0.25, 0.3) is 6.08 Å². The molecule has 0 spiro atoms. The van der Waals surface area contributed by atoms with Gasteiger partial charge in [-0.3, -0.25) is 19.7 Å². The number of amides is 2. The Kier molecular flexibility index (Phi) is 7.55. The molecule has 0 atom stereocenters. The van der Waals surface area contributed by atoms with Gasteiger partial charge in [-0.2, -0.15) is 0 Å². The molecule has 0 saturated carbocycles. The molecule has 2 amide bonds. The maximum atomic E-state index is 13.3. The van der Waals surface area contributed by atoms with E-state index >= 15 is 0 Å². The Morgan fingerprint density at radius 3 is 2.24 bits per heavy atom. The summed E-state index contributed by atoms with van der Waals surface area (Å²) in [5.74, 6) is -1.13. The molecule has 3 rings (SSSR count). The van der Waals surface area contributed by atoms with Crippen LogP contribution < -0.4 is 20.1 Å². The molecule has 3 aromatic carbocycles. The molecule has 0 aliphatic heterocycles. The van der Waals surface area contributed by atoms with E-state index in [4.69, 9.17) is 9.47 Å². The number of halogens is 1. The Balaban J connectivity index is 1.91. The van der Waals surface area contributed by atoms with E-state index in [0.29, 0.717) is 11.3 Å². The van der Waals surface area contributed by atoms with Gasteiger partial charge in [0.15, 0.2) is 0 Å². The van der Waals surface area contributed by atoms with Crippen molar-refractivity contribution in [3.63, 3.8) is 0 Å². The van der Waals surface area contributed by atoms with Crippen molar-refractivity contribution in [3.05, 3.63) is 99.5 Å². The van der Waals surface area contributed by atoms with Crippen molar-refractivity contribution in [1.82, 2.24) is 5.32 Å². The highest BCUT2D eigenvalue weighted by atomic mass is 19.1. The summed E-state index contributed by atoms with van der Waals surface area (Å²) in [6.07, 6.45) is 1.37. The number of non-ortho nitro benzene ring substituents is 1. The second-order valence-electron chi connectivity index (χ2n) is 6.89. The number of nitro groups is 1. The van der Waals surface area contributed by atoms with Crippen molar-refractivity contribution in [1.29, 1.82) is 0 Å². The minimum atomic E-state index is -0.724. The Bertz CT molecular complexity index is 1240. The summed E-state index contributed by atoms with van der Waals surface area (Å²) in [4.78, 5) is 36.2. The predicted octanol–water partition coefficient (Wildman–Crippen LogP) is 4.16. The van der Waals surface area contributed by atoms with Crippen LogP contribution in [0, 0.1) is 15.9 Å². The minimum Gasteiger partial charge on any atom is -0.497 e. The summed E-state index contributed by atoms with van der Waals surface area (Å²) >= 11 is 0. The number of carbonyl (C=O) groups excluding carboxylic acids is 2. The van der Waals surface area contributed by atoms with Crippen LogP contribution >= 0.6 is 0 Å². The number of carbonyl (C=O) groups is 2. The third-order valence-electron chi connectivity index (χ3n) is 4.67. The number of methoxy groups -OCH3 is 2. The molecule has 34 heavy (non-hydrogen) atoms. The molecule has 0 bridgehead atoms. The molecular weight excluding hydrogens is 445 g/mol. The van der Waals surface area contributed by atoms with E-state index in [1.807, 2.05) is 0 Å². The van der Waals surface area contributed by atoms with Crippen LogP contribution in [0.1, 0.15) is 15.9 Å². The van der Waals surface area contributed by atoms with Gasteiger partial charge in [0, 0.05) is 11.6 Å². The number of anilines is 1. The normalized spacial score (nSPS) is 10.9. The van der Waals surface area contributed by atoms with Gasteiger partial charge in [0.1, 0.15) is 23.0 Å².